The first kappa shape index (κ1) is 25.8. The van der Waals surface area contributed by atoms with Gasteiger partial charge in [-0.3, -0.25) is 0 Å². The molecule has 2 aliphatic carbocycles. The summed E-state index contributed by atoms with van der Waals surface area (Å²) in [5.41, 5.74) is -0.132. The normalized spacial score (nSPS) is 25.6. The van der Waals surface area contributed by atoms with E-state index in [9.17, 15) is 26.3 Å². The summed E-state index contributed by atoms with van der Waals surface area (Å²) in [6.07, 6.45) is 4.40. The summed E-state index contributed by atoms with van der Waals surface area (Å²) in [5.74, 6) is 1.18. The van der Waals surface area contributed by atoms with E-state index in [1.165, 1.54) is 31.0 Å². The molecule has 0 spiro atoms. The van der Waals surface area contributed by atoms with Crippen molar-refractivity contribution in [1.29, 1.82) is 0 Å². The van der Waals surface area contributed by atoms with E-state index in [0.29, 0.717) is 29.4 Å². The van der Waals surface area contributed by atoms with Crippen LogP contribution in [0.15, 0.2) is 36.4 Å². The molecule has 0 unspecified atom stereocenters. The van der Waals surface area contributed by atoms with Gasteiger partial charge in [0.05, 0.1) is 5.56 Å². The fourth-order valence-electron chi connectivity index (χ4n) is 5.84. The number of rotatable bonds is 5. The SMILES string of the molecule is [B]=CC1CCC(C2CCC(c3cc(F)c(-c4ccc(/C=C/C(F)(F)F)c(F)c4)c(F)c3)CC2)CC1. The first-order valence-electron chi connectivity index (χ1n) is 12.2. The number of benzene rings is 2. The molecule has 35 heavy (non-hydrogen) atoms. The van der Waals surface area contributed by atoms with E-state index < -0.39 is 23.6 Å². The molecule has 0 atom stereocenters. The predicted molar refractivity (Wildman–Crippen MR) is 129 cm³/mol. The Labute approximate surface area is 203 Å². The van der Waals surface area contributed by atoms with Gasteiger partial charge in [0.1, 0.15) is 5.82 Å². The molecule has 2 fully saturated rings. The summed E-state index contributed by atoms with van der Waals surface area (Å²) in [6, 6.07) is 5.81. The van der Waals surface area contributed by atoms with Crippen LogP contribution in [0.4, 0.5) is 26.3 Å². The van der Waals surface area contributed by atoms with Crippen molar-refractivity contribution in [3.8, 4) is 11.1 Å². The van der Waals surface area contributed by atoms with E-state index in [1.54, 1.807) is 0 Å². The van der Waals surface area contributed by atoms with Gasteiger partial charge in [0, 0.05) is 11.6 Å². The van der Waals surface area contributed by atoms with Gasteiger partial charge >= 0.3 is 124 Å². The zero-order valence-electron chi connectivity index (χ0n) is 19.4. The van der Waals surface area contributed by atoms with Crippen LogP contribution in [-0.2, 0) is 0 Å². The molecule has 1 radical (unpaired) electrons. The van der Waals surface area contributed by atoms with Crippen LogP contribution < -0.4 is 0 Å². The van der Waals surface area contributed by atoms with Crippen molar-refractivity contribution in [2.45, 2.75) is 63.5 Å². The van der Waals surface area contributed by atoms with Gasteiger partial charge in [-0.1, -0.05) is 12.1 Å². The zero-order valence-corrected chi connectivity index (χ0v) is 19.4. The summed E-state index contributed by atoms with van der Waals surface area (Å²) in [6.45, 7) is 0. The molecule has 2 aromatic carbocycles. The Hall–Kier alpha value is -2.31. The molecule has 0 amide bonds. The first-order chi connectivity index (χ1) is 16.6. The van der Waals surface area contributed by atoms with Gasteiger partial charge in [-0.15, -0.1) is 0 Å². The van der Waals surface area contributed by atoms with Crippen molar-refractivity contribution >= 4 is 19.5 Å². The second kappa shape index (κ2) is 10.8. The van der Waals surface area contributed by atoms with Gasteiger partial charge in [0.15, 0.2) is 0 Å². The van der Waals surface area contributed by atoms with Gasteiger partial charge in [-0.2, -0.15) is 13.2 Å². The topological polar surface area (TPSA) is 0 Å². The molecule has 7 heteroatoms. The molecule has 0 bridgehead atoms. The summed E-state index contributed by atoms with van der Waals surface area (Å²) < 4.78 is 81.3. The number of hydrogen-bond acceptors (Lipinski definition) is 0. The zero-order chi connectivity index (χ0) is 25.2. The number of allylic oxidation sites excluding steroid dienone is 1. The number of halogens is 6. The Morgan fingerprint density at radius 3 is 1.83 bits per heavy atom. The van der Waals surface area contributed by atoms with Crippen LogP contribution in [-0.4, -0.2) is 19.6 Å². The monoisotopic (exact) mass is 489 g/mol. The van der Waals surface area contributed by atoms with Crippen LogP contribution in [0, 0.1) is 35.2 Å². The van der Waals surface area contributed by atoms with Crippen molar-refractivity contribution in [1.82, 2.24) is 0 Å². The van der Waals surface area contributed by atoms with Crippen LogP contribution in [0.5, 0.6) is 0 Å². The molecule has 2 aromatic rings. The minimum absolute atomic E-state index is 0.0535. The maximum atomic E-state index is 15.0. The molecule has 0 aromatic heterocycles. The molecule has 0 aliphatic heterocycles. The molecule has 4 rings (SSSR count). The van der Waals surface area contributed by atoms with Crippen molar-refractivity contribution in [2.24, 2.45) is 17.8 Å². The molecule has 2 aliphatic rings. The summed E-state index contributed by atoms with van der Waals surface area (Å²) in [7, 11) is 5.68. The number of hydrogen-bond donors (Lipinski definition) is 0. The quantitative estimate of drug-likeness (QED) is 0.292. The second-order valence-corrected chi connectivity index (χ2v) is 9.95. The Bertz CT molecular complexity index is 1050. The van der Waals surface area contributed by atoms with Crippen LogP contribution >= 0.6 is 0 Å². The fourth-order valence-corrected chi connectivity index (χ4v) is 5.84. The summed E-state index contributed by atoms with van der Waals surface area (Å²) >= 11 is 0. The van der Waals surface area contributed by atoms with Gasteiger partial charge in [-0.25, -0.2) is 13.2 Å². The summed E-state index contributed by atoms with van der Waals surface area (Å²) in [5, 5.41) is 0. The summed E-state index contributed by atoms with van der Waals surface area (Å²) in [4.78, 5) is 0. The van der Waals surface area contributed by atoms with E-state index in [1.807, 2.05) is 5.97 Å². The van der Waals surface area contributed by atoms with Crippen LogP contribution in [0.1, 0.15) is 68.4 Å². The molecular weight excluding hydrogens is 461 g/mol. The maximum absolute atomic E-state index is 15.0. The first-order valence-corrected chi connectivity index (χ1v) is 12.2. The Kier molecular flexibility index (Phi) is 7.92. The van der Waals surface area contributed by atoms with Crippen molar-refractivity contribution < 1.29 is 26.3 Å². The molecule has 0 nitrogen and oxygen atoms in total. The Morgan fingerprint density at radius 2 is 1.31 bits per heavy atom. The minimum atomic E-state index is -4.58. The molecule has 2 saturated carbocycles. The average molecular weight is 489 g/mol. The van der Waals surface area contributed by atoms with Crippen molar-refractivity contribution in [2.75, 3.05) is 0 Å². The third kappa shape index (κ3) is 6.28. The Morgan fingerprint density at radius 1 is 0.743 bits per heavy atom. The Balaban J connectivity index is 1.45. The number of alkyl halides is 3. The standard InChI is InChI=1S/C28H28BF6/c29-16-17-1-3-18(4-2-17)19-5-7-20(8-6-19)23-14-25(31)27(26(32)15-23)22-10-9-21(24(30)13-22)11-12-28(33,34)35/h9-20H,1-8H2/b12-11+. The van der Waals surface area contributed by atoms with E-state index in [4.69, 9.17) is 7.49 Å². The van der Waals surface area contributed by atoms with Gasteiger partial charge in [-0.05, 0) is 17.7 Å². The van der Waals surface area contributed by atoms with Crippen molar-refractivity contribution in [3.63, 3.8) is 0 Å². The van der Waals surface area contributed by atoms with Gasteiger partial charge < -0.3 is 0 Å². The van der Waals surface area contributed by atoms with Gasteiger partial charge in [0.25, 0.3) is 0 Å². The molecule has 185 valence electrons. The molecule has 0 heterocycles. The van der Waals surface area contributed by atoms with Gasteiger partial charge in [0.2, 0.25) is 0 Å². The second-order valence-electron chi connectivity index (χ2n) is 9.95. The molecule has 0 saturated heterocycles. The molecule has 0 N–H and O–H groups in total. The van der Waals surface area contributed by atoms with Crippen LogP contribution in [0.3, 0.4) is 0 Å². The third-order valence-electron chi connectivity index (χ3n) is 7.80. The average Bonchev–Trinajstić information content (AvgIpc) is 2.82. The molecular formula is C28H28BF6. The third-order valence-corrected chi connectivity index (χ3v) is 7.80. The van der Waals surface area contributed by atoms with E-state index >= 15 is 0 Å². The van der Waals surface area contributed by atoms with Crippen molar-refractivity contribution in [3.05, 3.63) is 65.0 Å². The van der Waals surface area contributed by atoms with Crippen LogP contribution in [0.2, 0.25) is 0 Å². The fraction of sp³-hybridized carbons (Fsp3) is 0.464. The van der Waals surface area contributed by atoms with E-state index in [0.717, 1.165) is 50.7 Å². The predicted octanol–water partition coefficient (Wildman–Crippen LogP) is 8.40. The van der Waals surface area contributed by atoms with Crippen LogP contribution in [0.25, 0.3) is 17.2 Å². The van der Waals surface area contributed by atoms with E-state index in [-0.39, 0.29) is 28.7 Å². The van der Waals surface area contributed by atoms with E-state index in [2.05, 4.69) is 0 Å².